The van der Waals surface area contributed by atoms with Crippen LogP contribution in [0.5, 0.6) is 5.75 Å². The van der Waals surface area contributed by atoms with Gasteiger partial charge in [0.2, 0.25) is 0 Å². The maximum Gasteiger partial charge on any atom is 0.119 e. The van der Waals surface area contributed by atoms with E-state index < -0.39 is 0 Å². The summed E-state index contributed by atoms with van der Waals surface area (Å²) in [6, 6.07) is 9.87. The molecule has 0 saturated carbocycles. The molecule has 100 valence electrons. The highest BCUT2D eigenvalue weighted by Crippen LogP contribution is 2.26. The van der Waals surface area contributed by atoms with Gasteiger partial charge in [0.05, 0.1) is 12.6 Å². The summed E-state index contributed by atoms with van der Waals surface area (Å²) >= 11 is 0. The lowest BCUT2D eigenvalue weighted by Crippen LogP contribution is -2.29. The van der Waals surface area contributed by atoms with Crippen molar-refractivity contribution in [1.82, 2.24) is 10.4 Å². The van der Waals surface area contributed by atoms with Gasteiger partial charge in [0.15, 0.2) is 0 Å². The summed E-state index contributed by atoms with van der Waals surface area (Å²) in [5.74, 6) is 6.57. The highest BCUT2D eigenvalue weighted by molar-refractivity contribution is 5.38. The molecule has 2 aromatic rings. The predicted molar refractivity (Wildman–Crippen MR) is 75.8 cm³/mol. The minimum atomic E-state index is -0.0663. The number of hydrogen-bond acceptors (Lipinski definition) is 4. The SMILES string of the molecule is CCOc1cccc(C(NN)c2ccncc2C)c1. The van der Waals surface area contributed by atoms with E-state index in [0.29, 0.717) is 6.61 Å². The van der Waals surface area contributed by atoms with Crippen LogP contribution in [0.15, 0.2) is 42.7 Å². The molecule has 0 amide bonds. The molecule has 4 nitrogen and oxygen atoms in total. The van der Waals surface area contributed by atoms with Crippen molar-refractivity contribution < 1.29 is 4.74 Å². The molecule has 4 heteroatoms. The van der Waals surface area contributed by atoms with E-state index in [4.69, 9.17) is 10.6 Å². The van der Waals surface area contributed by atoms with E-state index in [1.807, 2.05) is 50.4 Å². The van der Waals surface area contributed by atoms with Crippen LogP contribution >= 0.6 is 0 Å². The zero-order valence-electron chi connectivity index (χ0n) is 11.3. The van der Waals surface area contributed by atoms with Crippen LogP contribution in [-0.4, -0.2) is 11.6 Å². The van der Waals surface area contributed by atoms with Crippen molar-refractivity contribution in [2.75, 3.05) is 6.61 Å². The molecule has 1 unspecified atom stereocenters. The third kappa shape index (κ3) is 3.10. The molecule has 1 heterocycles. The van der Waals surface area contributed by atoms with Crippen LogP contribution in [0, 0.1) is 6.92 Å². The van der Waals surface area contributed by atoms with Crippen LogP contribution in [0.2, 0.25) is 0 Å². The fraction of sp³-hybridized carbons (Fsp3) is 0.267. The molecule has 1 atom stereocenters. The minimum absolute atomic E-state index is 0.0663. The Kier molecular flexibility index (Phi) is 4.49. The Labute approximate surface area is 113 Å². The second-order valence-electron chi connectivity index (χ2n) is 4.34. The molecule has 1 aromatic carbocycles. The first-order valence-electron chi connectivity index (χ1n) is 6.35. The van der Waals surface area contributed by atoms with Crippen molar-refractivity contribution in [3.05, 3.63) is 59.4 Å². The number of rotatable bonds is 5. The molecule has 1 aromatic heterocycles. The molecule has 0 aliphatic heterocycles. The van der Waals surface area contributed by atoms with Gasteiger partial charge in [0.25, 0.3) is 0 Å². The molecule has 0 saturated heterocycles. The van der Waals surface area contributed by atoms with Crippen molar-refractivity contribution >= 4 is 0 Å². The quantitative estimate of drug-likeness (QED) is 0.637. The molecule has 0 fully saturated rings. The number of nitrogens with one attached hydrogen (secondary N) is 1. The lowest BCUT2D eigenvalue weighted by molar-refractivity contribution is 0.339. The van der Waals surface area contributed by atoms with E-state index in [1.54, 1.807) is 6.20 Å². The first-order chi connectivity index (χ1) is 9.26. The number of nitrogens with two attached hydrogens (primary N) is 1. The Morgan fingerprint density at radius 1 is 1.37 bits per heavy atom. The number of aromatic nitrogens is 1. The molecule has 0 bridgehead atoms. The summed E-state index contributed by atoms with van der Waals surface area (Å²) in [5.41, 5.74) is 6.15. The van der Waals surface area contributed by atoms with Gasteiger partial charge >= 0.3 is 0 Å². The van der Waals surface area contributed by atoms with Crippen molar-refractivity contribution in [1.29, 1.82) is 0 Å². The van der Waals surface area contributed by atoms with E-state index in [0.717, 1.165) is 22.4 Å². The number of hydrogen-bond donors (Lipinski definition) is 2. The Hall–Kier alpha value is -1.91. The Morgan fingerprint density at radius 2 is 2.21 bits per heavy atom. The largest absolute Gasteiger partial charge is 0.494 e. The number of aryl methyl sites for hydroxylation is 1. The molecular weight excluding hydrogens is 238 g/mol. The molecular formula is C15H19N3O. The van der Waals surface area contributed by atoms with E-state index in [-0.39, 0.29) is 6.04 Å². The van der Waals surface area contributed by atoms with Crippen LogP contribution in [0.4, 0.5) is 0 Å². The van der Waals surface area contributed by atoms with E-state index in [9.17, 15) is 0 Å². The third-order valence-corrected chi connectivity index (χ3v) is 3.04. The van der Waals surface area contributed by atoms with Gasteiger partial charge in [-0.15, -0.1) is 0 Å². The molecule has 2 rings (SSSR count). The van der Waals surface area contributed by atoms with Crippen molar-refractivity contribution in [2.24, 2.45) is 5.84 Å². The standard InChI is InChI=1S/C15H19N3O/c1-3-19-13-6-4-5-12(9-13)15(18-16)14-7-8-17-10-11(14)2/h4-10,15,18H,3,16H2,1-2H3. The van der Waals surface area contributed by atoms with Crippen molar-refractivity contribution in [2.45, 2.75) is 19.9 Å². The van der Waals surface area contributed by atoms with E-state index >= 15 is 0 Å². The van der Waals surface area contributed by atoms with Crippen LogP contribution in [0.1, 0.15) is 29.7 Å². The van der Waals surface area contributed by atoms with Gasteiger partial charge in [-0.3, -0.25) is 10.8 Å². The van der Waals surface area contributed by atoms with Gasteiger partial charge in [-0.05, 0) is 48.7 Å². The zero-order valence-corrected chi connectivity index (χ0v) is 11.3. The monoisotopic (exact) mass is 257 g/mol. The predicted octanol–water partition coefficient (Wildman–Crippen LogP) is 2.34. The van der Waals surface area contributed by atoms with Gasteiger partial charge in [-0.1, -0.05) is 12.1 Å². The number of benzene rings is 1. The van der Waals surface area contributed by atoms with Crippen molar-refractivity contribution in [3.63, 3.8) is 0 Å². The van der Waals surface area contributed by atoms with E-state index in [2.05, 4.69) is 10.4 Å². The van der Waals surface area contributed by atoms with Gasteiger partial charge in [0.1, 0.15) is 5.75 Å². The fourth-order valence-electron chi connectivity index (χ4n) is 2.12. The summed E-state index contributed by atoms with van der Waals surface area (Å²) in [7, 11) is 0. The van der Waals surface area contributed by atoms with E-state index in [1.165, 1.54) is 0 Å². The minimum Gasteiger partial charge on any atom is -0.494 e. The fourth-order valence-corrected chi connectivity index (χ4v) is 2.12. The number of nitrogens with zero attached hydrogens (tertiary/aromatic N) is 1. The van der Waals surface area contributed by atoms with Crippen molar-refractivity contribution in [3.8, 4) is 5.75 Å². The third-order valence-electron chi connectivity index (χ3n) is 3.04. The maximum atomic E-state index is 5.72. The number of hydrazine groups is 1. The molecule has 0 aliphatic rings. The Bertz CT molecular complexity index is 542. The highest BCUT2D eigenvalue weighted by atomic mass is 16.5. The Balaban J connectivity index is 2.37. The molecule has 0 aliphatic carbocycles. The molecule has 0 spiro atoms. The first-order valence-corrected chi connectivity index (χ1v) is 6.35. The lowest BCUT2D eigenvalue weighted by Gasteiger charge is -2.19. The summed E-state index contributed by atoms with van der Waals surface area (Å²) in [4.78, 5) is 4.11. The zero-order chi connectivity index (χ0) is 13.7. The summed E-state index contributed by atoms with van der Waals surface area (Å²) in [6.45, 7) is 4.65. The smallest absolute Gasteiger partial charge is 0.119 e. The maximum absolute atomic E-state index is 5.72. The van der Waals surface area contributed by atoms with Gasteiger partial charge in [0, 0.05) is 12.4 Å². The topological polar surface area (TPSA) is 60.2 Å². The first kappa shape index (κ1) is 13.5. The summed E-state index contributed by atoms with van der Waals surface area (Å²) < 4.78 is 5.53. The highest BCUT2D eigenvalue weighted by Gasteiger charge is 2.15. The lowest BCUT2D eigenvalue weighted by atomic mass is 9.97. The van der Waals surface area contributed by atoms with Gasteiger partial charge in [-0.25, -0.2) is 5.43 Å². The molecule has 3 N–H and O–H groups in total. The van der Waals surface area contributed by atoms with Gasteiger partial charge < -0.3 is 4.74 Å². The summed E-state index contributed by atoms with van der Waals surface area (Å²) in [6.07, 6.45) is 3.62. The van der Waals surface area contributed by atoms with Crippen LogP contribution in [-0.2, 0) is 0 Å². The Morgan fingerprint density at radius 3 is 2.89 bits per heavy atom. The number of pyridine rings is 1. The van der Waals surface area contributed by atoms with Crippen LogP contribution in [0.25, 0.3) is 0 Å². The molecule has 0 radical (unpaired) electrons. The number of ether oxygens (including phenoxy) is 1. The summed E-state index contributed by atoms with van der Waals surface area (Å²) in [5, 5.41) is 0. The normalized spacial score (nSPS) is 12.2. The van der Waals surface area contributed by atoms with Gasteiger partial charge in [-0.2, -0.15) is 0 Å². The van der Waals surface area contributed by atoms with Crippen LogP contribution in [0.3, 0.4) is 0 Å². The average Bonchev–Trinajstić information content (AvgIpc) is 2.43. The molecule has 19 heavy (non-hydrogen) atoms. The second-order valence-corrected chi connectivity index (χ2v) is 4.34. The average molecular weight is 257 g/mol. The second kappa shape index (κ2) is 6.31. The van der Waals surface area contributed by atoms with Crippen LogP contribution < -0.4 is 16.0 Å².